The van der Waals surface area contributed by atoms with Crippen LogP contribution in [0.4, 0.5) is 0 Å². The van der Waals surface area contributed by atoms with Crippen LogP contribution in [-0.2, 0) is 0 Å². The van der Waals surface area contributed by atoms with Gasteiger partial charge in [-0.2, -0.15) is 0 Å². The third-order valence-corrected chi connectivity index (χ3v) is 3.55. The van der Waals surface area contributed by atoms with E-state index in [1.165, 1.54) is 0 Å². The molecule has 0 saturated carbocycles. The molecule has 0 aromatic heterocycles. The van der Waals surface area contributed by atoms with Gasteiger partial charge in [-0.3, -0.25) is 0 Å². The van der Waals surface area contributed by atoms with Crippen LogP contribution in [0.15, 0.2) is 0 Å². The lowest BCUT2D eigenvalue weighted by Gasteiger charge is -2.06. The van der Waals surface area contributed by atoms with E-state index in [4.69, 9.17) is 23.8 Å². The van der Waals surface area contributed by atoms with Gasteiger partial charge >= 0.3 is 0 Å². The van der Waals surface area contributed by atoms with Crippen molar-refractivity contribution >= 4 is 39.9 Å². The van der Waals surface area contributed by atoms with Gasteiger partial charge in [-0.1, -0.05) is 24.0 Å². The second kappa shape index (κ2) is 3.08. The van der Waals surface area contributed by atoms with Crippen LogP contribution in [0.5, 0.6) is 0 Å². The van der Waals surface area contributed by atoms with Crippen LogP contribution in [0, 0.1) is 0 Å². The van der Waals surface area contributed by atoms with Crippen LogP contribution >= 0.6 is 35.6 Å². The van der Waals surface area contributed by atoms with E-state index < -0.39 is 0 Å². The molecule has 0 amide bonds. The minimum Gasteiger partial charge on any atom is -0.359 e. The van der Waals surface area contributed by atoms with Gasteiger partial charge in [0.25, 0.3) is 0 Å². The van der Waals surface area contributed by atoms with Crippen molar-refractivity contribution in [1.82, 2.24) is 4.90 Å². The number of halogens is 1. The average Bonchev–Trinajstić information content (AvgIpc) is 2.13. The molecular weight excluding hydrogens is 174 g/mol. The van der Waals surface area contributed by atoms with Gasteiger partial charge < -0.3 is 4.90 Å². The molecule has 1 aliphatic heterocycles. The van der Waals surface area contributed by atoms with E-state index in [9.17, 15) is 0 Å². The molecule has 1 aliphatic rings. The quantitative estimate of drug-likeness (QED) is 0.447. The lowest BCUT2D eigenvalue weighted by Crippen LogP contribution is -2.19. The van der Waals surface area contributed by atoms with E-state index >= 15 is 0 Å². The van der Waals surface area contributed by atoms with Gasteiger partial charge in [-0.05, 0) is 0 Å². The molecular formula is C5H8ClNS2. The Morgan fingerprint density at radius 1 is 2.00 bits per heavy atom. The Morgan fingerprint density at radius 3 is 2.89 bits per heavy atom. The highest BCUT2D eigenvalue weighted by atomic mass is 35.5. The Labute approximate surface area is 69.7 Å². The Hall–Kier alpha value is 0.530. The fourth-order valence-electron chi connectivity index (χ4n) is 0.730. The monoisotopic (exact) mass is 181 g/mol. The zero-order chi connectivity index (χ0) is 6.85. The van der Waals surface area contributed by atoms with E-state index in [1.807, 2.05) is 7.05 Å². The molecule has 1 nitrogen and oxygen atoms in total. The minimum absolute atomic E-state index is 0.518. The molecule has 1 rings (SSSR count). The predicted octanol–water partition coefficient (Wildman–Crippen LogP) is 1.56. The Bertz CT molecular complexity index is 128. The van der Waals surface area contributed by atoms with Gasteiger partial charge in [0.15, 0.2) is 0 Å². The average molecular weight is 182 g/mol. The van der Waals surface area contributed by atoms with Crippen molar-refractivity contribution in [2.75, 3.05) is 19.5 Å². The summed E-state index contributed by atoms with van der Waals surface area (Å²) in [4.78, 5) is 2.06. The first-order valence-corrected chi connectivity index (χ1v) is 4.54. The molecule has 1 heterocycles. The third kappa shape index (κ3) is 1.72. The zero-order valence-corrected chi connectivity index (χ0v) is 7.52. The second-order valence-electron chi connectivity index (χ2n) is 2.04. The molecule has 1 unspecified atom stereocenters. The van der Waals surface area contributed by atoms with Crippen molar-refractivity contribution in [3.63, 3.8) is 0 Å². The first-order valence-electron chi connectivity index (χ1n) is 2.71. The molecule has 9 heavy (non-hydrogen) atoms. The standard InChI is InChI=1S/C5H8ClNS2/c1-7-3-4(2-6)9-5(7)8/h4H,2-3H2,1H3. The highest BCUT2D eigenvalue weighted by molar-refractivity contribution is 8.23. The first kappa shape index (κ1) is 7.63. The normalized spacial score (nSPS) is 27.6. The lowest BCUT2D eigenvalue weighted by atomic mass is 10.4. The van der Waals surface area contributed by atoms with Crippen molar-refractivity contribution in [2.45, 2.75) is 5.25 Å². The molecule has 1 atom stereocenters. The number of hydrogen-bond acceptors (Lipinski definition) is 2. The van der Waals surface area contributed by atoms with Crippen molar-refractivity contribution in [3.05, 3.63) is 0 Å². The highest BCUT2D eigenvalue weighted by Crippen LogP contribution is 2.24. The summed E-state index contributed by atoms with van der Waals surface area (Å²) in [5, 5.41) is 0.518. The number of rotatable bonds is 1. The van der Waals surface area contributed by atoms with Crippen molar-refractivity contribution < 1.29 is 0 Å². The minimum atomic E-state index is 0.518. The summed E-state index contributed by atoms with van der Waals surface area (Å²) in [6, 6.07) is 0. The summed E-state index contributed by atoms with van der Waals surface area (Å²) < 4.78 is 0.973. The van der Waals surface area contributed by atoms with Gasteiger partial charge in [-0.15, -0.1) is 11.6 Å². The van der Waals surface area contributed by atoms with Crippen LogP contribution in [-0.4, -0.2) is 33.9 Å². The van der Waals surface area contributed by atoms with Gasteiger partial charge in [0.1, 0.15) is 4.32 Å². The third-order valence-electron chi connectivity index (χ3n) is 1.23. The fraction of sp³-hybridized carbons (Fsp3) is 0.800. The summed E-state index contributed by atoms with van der Waals surface area (Å²) in [7, 11) is 2.00. The highest BCUT2D eigenvalue weighted by Gasteiger charge is 2.23. The molecule has 0 aliphatic carbocycles. The van der Waals surface area contributed by atoms with E-state index in [0.29, 0.717) is 11.1 Å². The fourth-order valence-corrected chi connectivity index (χ4v) is 2.40. The summed E-state index contributed by atoms with van der Waals surface area (Å²) in [5.74, 6) is 0.704. The molecule has 1 saturated heterocycles. The van der Waals surface area contributed by atoms with Gasteiger partial charge in [0.2, 0.25) is 0 Å². The van der Waals surface area contributed by atoms with Crippen LogP contribution in [0.2, 0.25) is 0 Å². The Kier molecular flexibility index (Phi) is 2.61. The Morgan fingerprint density at radius 2 is 2.67 bits per heavy atom. The van der Waals surface area contributed by atoms with E-state index in [0.717, 1.165) is 10.9 Å². The van der Waals surface area contributed by atoms with Crippen LogP contribution in [0.3, 0.4) is 0 Å². The molecule has 0 radical (unpaired) electrons. The number of hydrogen-bond donors (Lipinski definition) is 0. The molecule has 52 valence electrons. The molecule has 4 heteroatoms. The molecule has 0 N–H and O–H groups in total. The van der Waals surface area contributed by atoms with Crippen molar-refractivity contribution in [1.29, 1.82) is 0 Å². The van der Waals surface area contributed by atoms with Gasteiger partial charge in [0, 0.05) is 24.7 Å². The summed E-state index contributed by atoms with van der Waals surface area (Å²) in [6.45, 7) is 1.01. The molecule has 0 bridgehead atoms. The van der Waals surface area contributed by atoms with Crippen molar-refractivity contribution in [3.8, 4) is 0 Å². The lowest BCUT2D eigenvalue weighted by molar-refractivity contribution is 0.541. The maximum atomic E-state index is 5.63. The number of nitrogens with zero attached hydrogens (tertiary/aromatic N) is 1. The number of thioether (sulfide) groups is 1. The van der Waals surface area contributed by atoms with Crippen molar-refractivity contribution in [2.24, 2.45) is 0 Å². The SMILES string of the molecule is CN1CC(CCl)SC1=S. The molecule has 0 aromatic rings. The van der Waals surface area contributed by atoms with E-state index in [-0.39, 0.29) is 0 Å². The summed E-state index contributed by atoms with van der Waals surface area (Å²) in [5.41, 5.74) is 0. The largest absolute Gasteiger partial charge is 0.359 e. The summed E-state index contributed by atoms with van der Waals surface area (Å²) in [6.07, 6.45) is 0. The van der Waals surface area contributed by atoms with E-state index in [1.54, 1.807) is 11.8 Å². The maximum absolute atomic E-state index is 5.63. The Balaban J connectivity index is 2.44. The maximum Gasteiger partial charge on any atom is 0.136 e. The van der Waals surface area contributed by atoms with Crippen LogP contribution in [0.25, 0.3) is 0 Å². The molecule has 0 aromatic carbocycles. The zero-order valence-electron chi connectivity index (χ0n) is 5.13. The topological polar surface area (TPSA) is 3.24 Å². The number of alkyl halides is 1. The second-order valence-corrected chi connectivity index (χ2v) is 4.28. The van der Waals surface area contributed by atoms with Gasteiger partial charge in [0.05, 0.1) is 0 Å². The number of thiocarbonyl (C=S) groups is 1. The van der Waals surface area contributed by atoms with E-state index in [2.05, 4.69) is 4.90 Å². The smallest absolute Gasteiger partial charge is 0.136 e. The first-order chi connectivity index (χ1) is 4.24. The molecule has 1 fully saturated rings. The van der Waals surface area contributed by atoms with Crippen LogP contribution in [0.1, 0.15) is 0 Å². The van der Waals surface area contributed by atoms with Gasteiger partial charge in [-0.25, -0.2) is 0 Å². The summed E-state index contributed by atoms with van der Waals surface area (Å²) >= 11 is 12.3. The molecule has 0 spiro atoms. The van der Waals surface area contributed by atoms with Crippen LogP contribution < -0.4 is 0 Å². The predicted molar refractivity (Wildman–Crippen MR) is 47.3 cm³/mol.